The Balaban J connectivity index is 2.09. The van der Waals surface area contributed by atoms with E-state index in [0.717, 1.165) is 13.0 Å². The molecule has 0 saturated carbocycles. The summed E-state index contributed by atoms with van der Waals surface area (Å²) in [6, 6.07) is 8.34. The van der Waals surface area contributed by atoms with Crippen LogP contribution < -0.4 is 5.32 Å². The molecule has 3 nitrogen and oxygen atoms in total. The SMILES string of the molecule is CCc1nn(C)cc1CNc1ccccc1C. The van der Waals surface area contributed by atoms with E-state index in [1.807, 2.05) is 11.7 Å². The average molecular weight is 229 g/mol. The quantitative estimate of drug-likeness (QED) is 0.873. The van der Waals surface area contributed by atoms with E-state index < -0.39 is 0 Å². The lowest BCUT2D eigenvalue weighted by molar-refractivity contribution is 0.746. The Morgan fingerprint density at radius 3 is 2.76 bits per heavy atom. The Labute approximate surface area is 102 Å². The fourth-order valence-corrected chi connectivity index (χ4v) is 1.99. The van der Waals surface area contributed by atoms with Crippen LogP contribution in [-0.4, -0.2) is 9.78 Å². The fraction of sp³-hybridized carbons (Fsp3) is 0.357. The van der Waals surface area contributed by atoms with Gasteiger partial charge in [-0.25, -0.2) is 0 Å². The highest BCUT2D eigenvalue weighted by Crippen LogP contribution is 2.15. The van der Waals surface area contributed by atoms with Gasteiger partial charge in [-0.15, -0.1) is 0 Å². The minimum Gasteiger partial charge on any atom is -0.381 e. The molecule has 1 N–H and O–H groups in total. The molecule has 0 aliphatic rings. The first-order valence-electron chi connectivity index (χ1n) is 6.01. The lowest BCUT2D eigenvalue weighted by Gasteiger charge is -2.08. The van der Waals surface area contributed by atoms with Crippen LogP contribution in [0.25, 0.3) is 0 Å². The van der Waals surface area contributed by atoms with Crippen molar-refractivity contribution >= 4 is 5.69 Å². The van der Waals surface area contributed by atoms with Crippen LogP contribution in [0.3, 0.4) is 0 Å². The number of aryl methyl sites for hydroxylation is 3. The summed E-state index contributed by atoms with van der Waals surface area (Å²) in [6.07, 6.45) is 3.07. The maximum atomic E-state index is 4.44. The van der Waals surface area contributed by atoms with Crippen molar-refractivity contribution in [3.05, 3.63) is 47.3 Å². The van der Waals surface area contributed by atoms with Gasteiger partial charge < -0.3 is 5.32 Å². The van der Waals surface area contributed by atoms with E-state index in [1.165, 1.54) is 22.5 Å². The molecule has 0 spiro atoms. The molecule has 0 fully saturated rings. The van der Waals surface area contributed by atoms with E-state index in [0.29, 0.717) is 0 Å². The molecule has 0 radical (unpaired) electrons. The number of anilines is 1. The number of aromatic nitrogens is 2. The maximum Gasteiger partial charge on any atom is 0.0671 e. The zero-order valence-corrected chi connectivity index (χ0v) is 10.7. The molecule has 0 atom stereocenters. The summed E-state index contributed by atoms with van der Waals surface area (Å²) in [4.78, 5) is 0. The zero-order chi connectivity index (χ0) is 12.3. The number of nitrogens with zero attached hydrogens (tertiary/aromatic N) is 2. The summed E-state index contributed by atoms with van der Waals surface area (Å²) in [5.41, 5.74) is 4.92. The summed E-state index contributed by atoms with van der Waals surface area (Å²) < 4.78 is 1.88. The normalized spacial score (nSPS) is 10.5. The monoisotopic (exact) mass is 229 g/mol. The van der Waals surface area contributed by atoms with Crippen LogP contribution in [-0.2, 0) is 20.0 Å². The summed E-state index contributed by atoms with van der Waals surface area (Å²) in [5.74, 6) is 0. The molecule has 0 bridgehead atoms. The Kier molecular flexibility index (Phi) is 3.47. The van der Waals surface area contributed by atoms with E-state index >= 15 is 0 Å². The number of nitrogens with one attached hydrogen (secondary N) is 1. The molecule has 0 unspecified atom stereocenters. The third-order valence-corrected chi connectivity index (χ3v) is 2.94. The van der Waals surface area contributed by atoms with Crippen molar-refractivity contribution in [1.82, 2.24) is 9.78 Å². The van der Waals surface area contributed by atoms with Crippen LogP contribution in [0.5, 0.6) is 0 Å². The molecular formula is C14H19N3. The predicted octanol–water partition coefficient (Wildman–Crippen LogP) is 2.90. The van der Waals surface area contributed by atoms with Crippen molar-refractivity contribution in [3.8, 4) is 0 Å². The lowest BCUT2D eigenvalue weighted by atomic mass is 10.1. The van der Waals surface area contributed by atoms with Crippen molar-refractivity contribution < 1.29 is 0 Å². The van der Waals surface area contributed by atoms with Crippen molar-refractivity contribution in [1.29, 1.82) is 0 Å². The van der Waals surface area contributed by atoms with Gasteiger partial charge in [0.2, 0.25) is 0 Å². The van der Waals surface area contributed by atoms with Crippen molar-refractivity contribution in [3.63, 3.8) is 0 Å². The summed E-state index contributed by atoms with van der Waals surface area (Å²) in [6.45, 7) is 5.09. The predicted molar refractivity (Wildman–Crippen MR) is 71.1 cm³/mol. The number of hydrogen-bond donors (Lipinski definition) is 1. The first-order chi connectivity index (χ1) is 8.20. The van der Waals surface area contributed by atoms with Crippen LogP contribution in [0.1, 0.15) is 23.7 Å². The molecule has 17 heavy (non-hydrogen) atoms. The largest absolute Gasteiger partial charge is 0.381 e. The van der Waals surface area contributed by atoms with Gasteiger partial charge in [0.15, 0.2) is 0 Å². The van der Waals surface area contributed by atoms with Crippen molar-refractivity contribution in [2.75, 3.05) is 5.32 Å². The van der Waals surface area contributed by atoms with Crippen molar-refractivity contribution in [2.45, 2.75) is 26.8 Å². The Morgan fingerprint density at radius 1 is 1.29 bits per heavy atom. The van der Waals surface area contributed by atoms with E-state index in [1.54, 1.807) is 0 Å². The lowest BCUT2D eigenvalue weighted by Crippen LogP contribution is -2.02. The molecule has 0 amide bonds. The minimum atomic E-state index is 0.835. The van der Waals surface area contributed by atoms with Crippen molar-refractivity contribution in [2.24, 2.45) is 7.05 Å². The number of rotatable bonds is 4. The molecule has 0 aliphatic heterocycles. The molecule has 0 saturated heterocycles. The van der Waals surface area contributed by atoms with Gasteiger partial charge in [0, 0.05) is 31.0 Å². The molecule has 90 valence electrons. The maximum absolute atomic E-state index is 4.44. The summed E-state index contributed by atoms with van der Waals surface area (Å²) in [7, 11) is 1.97. The highest BCUT2D eigenvalue weighted by molar-refractivity contribution is 5.50. The van der Waals surface area contributed by atoms with Gasteiger partial charge in [-0.05, 0) is 25.0 Å². The van der Waals surface area contributed by atoms with Gasteiger partial charge in [-0.3, -0.25) is 4.68 Å². The smallest absolute Gasteiger partial charge is 0.0671 e. The van der Waals surface area contributed by atoms with E-state index in [-0.39, 0.29) is 0 Å². The van der Waals surface area contributed by atoms with E-state index in [2.05, 4.69) is 54.7 Å². The molecule has 1 aromatic carbocycles. The van der Waals surface area contributed by atoms with Gasteiger partial charge in [0.05, 0.1) is 5.69 Å². The molecule has 1 heterocycles. The van der Waals surface area contributed by atoms with Crippen LogP contribution in [0, 0.1) is 6.92 Å². The topological polar surface area (TPSA) is 29.9 Å². The van der Waals surface area contributed by atoms with Crippen LogP contribution in [0.15, 0.2) is 30.5 Å². The van der Waals surface area contributed by atoms with Gasteiger partial charge in [0.25, 0.3) is 0 Å². The molecule has 2 rings (SSSR count). The highest BCUT2D eigenvalue weighted by atomic mass is 15.3. The third-order valence-electron chi connectivity index (χ3n) is 2.94. The molecule has 1 aromatic heterocycles. The number of benzene rings is 1. The second-order valence-electron chi connectivity index (χ2n) is 4.30. The van der Waals surface area contributed by atoms with Gasteiger partial charge in [0.1, 0.15) is 0 Å². The Morgan fingerprint density at radius 2 is 2.06 bits per heavy atom. The Hall–Kier alpha value is -1.77. The van der Waals surface area contributed by atoms with Crippen LogP contribution in [0.4, 0.5) is 5.69 Å². The third kappa shape index (κ3) is 2.67. The highest BCUT2D eigenvalue weighted by Gasteiger charge is 2.05. The summed E-state index contributed by atoms with van der Waals surface area (Å²) in [5, 5.41) is 7.90. The van der Waals surface area contributed by atoms with E-state index in [4.69, 9.17) is 0 Å². The van der Waals surface area contributed by atoms with Gasteiger partial charge in [-0.1, -0.05) is 25.1 Å². The second kappa shape index (κ2) is 5.04. The van der Waals surface area contributed by atoms with Crippen LogP contribution >= 0.6 is 0 Å². The molecule has 2 aromatic rings. The Bertz CT molecular complexity index is 500. The first kappa shape index (κ1) is 11.7. The molecule has 0 aliphatic carbocycles. The summed E-state index contributed by atoms with van der Waals surface area (Å²) >= 11 is 0. The number of para-hydroxylation sites is 1. The van der Waals surface area contributed by atoms with Gasteiger partial charge >= 0.3 is 0 Å². The van der Waals surface area contributed by atoms with Crippen LogP contribution in [0.2, 0.25) is 0 Å². The van der Waals surface area contributed by atoms with E-state index in [9.17, 15) is 0 Å². The fourth-order valence-electron chi connectivity index (χ4n) is 1.99. The first-order valence-corrected chi connectivity index (χ1v) is 6.01. The second-order valence-corrected chi connectivity index (χ2v) is 4.30. The average Bonchev–Trinajstić information content (AvgIpc) is 2.69. The minimum absolute atomic E-state index is 0.835. The zero-order valence-electron chi connectivity index (χ0n) is 10.7. The standard InChI is InChI=1S/C14H19N3/c1-4-13-12(10-17(3)16-13)9-15-14-8-6-5-7-11(14)2/h5-8,10,15H,4,9H2,1-3H3. The molecular weight excluding hydrogens is 210 g/mol. The number of hydrogen-bond acceptors (Lipinski definition) is 2. The van der Waals surface area contributed by atoms with Gasteiger partial charge in [-0.2, -0.15) is 5.10 Å². The molecule has 3 heteroatoms.